The van der Waals surface area contributed by atoms with E-state index >= 15 is 0 Å². The summed E-state index contributed by atoms with van der Waals surface area (Å²) < 4.78 is 17.3. The second-order valence-electron chi connectivity index (χ2n) is 4.27. The third-order valence-corrected chi connectivity index (χ3v) is 3.30. The Morgan fingerprint density at radius 1 is 1.00 bits per heavy atom. The van der Waals surface area contributed by atoms with Crippen molar-refractivity contribution in [2.75, 3.05) is 6.61 Å². The fourth-order valence-electron chi connectivity index (χ4n) is 2.61. The molecule has 1 spiro atoms. The van der Waals surface area contributed by atoms with Crippen LogP contribution in [0.4, 0.5) is 0 Å². The van der Waals surface area contributed by atoms with Gasteiger partial charge in [-0.1, -0.05) is 6.42 Å². The smallest absolute Gasteiger partial charge is 0.187 e. The molecule has 2 unspecified atom stereocenters. The van der Waals surface area contributed by atoms with Gasteiger partial charge >= 0.3 is 0 Å². The van der Waals surface area contributed by atoms with Gasteiger partial charge in [0, 0.05) is 19.3 Å². The number of rotatable bonds is 0. The monoisotopic (exact) mass is 184 g/mol. The van der Waals surface area contributed by atoms with Gasteiger partial charge in [0.05, 0.1) is 6.61 Å². The molecule has 13 heavy (non-hydrogen) atoms. The number of hydrogen-bond acceptors (Lipinski definition) is 3. The normalized spacial score (nSPS) is 42.5. The van der Waals surface area contributed by atoms with Crippen LogP contribution in [0.5, 0.6) is 0 Å². The van der Waals surface area contributed by atoms with Crippen molar-refractivity contribution in [3.63, 3.8) is 0 Å². The van der Waals surface area contributed by atoms with Crippen molar-refractivity contribution in [3.8, 4) is 0 Å². The molecule has 1 saturated carbocycles. The van der Waals surface area contributed by atoms with Crippen molar-refractivity contribution in [2.45, 2.75) is 56.7 Å². The van der Waals surface area contributed by atoms with Gasteiger partial charge < -0.3 is 14.2 Å². The molecule has 2 aliphatic heterocycles. The van der Waals surface area contributed by atoms with E-state index in [0.29, 0.717) is 0 Å². The van der Waals surface area contributed by atoms with Crippen LogP contribution in [0.2, 0.25) is 0 Å². The molecule has 0 amide bonds. The van der Waals surface area contributed by atoms with Crippen LogP contribution < -0.4 is 0 Å². The molecule has 3 heteroatoms. The Morgan fingerprint density at radius 2 is 1.85 bits per heavy atom. The molecule has 0 bridgehead atoms. The average molecular weight is 184 g/mol. The van der Waals surface area contributed by atoms with E-state index in [1.165, 1.54) is 19.3 Å². The standard InChI is InChI=1S/C10H16O3/c1-2-5-10(6-3-1)12-8-4-7-11-9(8)13-10/h8-9H,1-7H2. The number of fused-ring (bicyclic) bond motifs is 1. The van der Waals surface area contributed by atoms with E-state index in [1.807, 2.05) is 0 Å². The maximum atomic E-state index is 5.97. The van der Waals surface area contributed by atoms with E-state index in [2.05, 4.69) is 0 Å². The summed E-state index contributed by atoms with van der Waals surface area (Å²) >= 11 is 0. The van der Waals surface area contributed by atoms with E-state index in [9.17, 15) is 0 Å². The lowest BCUT2D eigenvalue weighted by molar-refractivity contribution is -0.228. The third-order valence-electron chi connectivity index (χ3n) is 3.30. The van der Waals surface area contributed by atoms with E-state index in [4.69, 9.17) is 14.2 Å². The summed E-state index contributed by atoms with van der Waals surface area (Å²) in [4.78, 5) is 0. The summed E-state index contributed by atoms with van der Waals surface area (Å²) in [6, 6.07) is 0. The summed E-state index contributed by atoms with van der Waals surface area (Å²) in [5.74, 6) is -0.256. The highest BCUT2D eigenvalue weighted by Crippen LogP contribution is 2.43. The van der Waals surface area contributed by atoms with Gasteiger partial charge in [-0.05, 0) is 12.8 Å². The van der Waals surface area contributed by atoms with Gasteiger partial charge in [-0.15, -0.1) is 0 Å². The van der Waals surface area contributed by atoms with Crippen LogP contribution in [-0.4, -0.2) is 24.8 Å². The molecule has 2 atom stereocenters. The van der Waals surface area contributed by atoms with Gasteiger partial charge in [0.2, 0.25) is 0 Å². The molecule has 74 valence electrons. The average Bonchev–Trinajstić information content (AvgIpc) is 2.64. The van der Waals surface area contributed by atoms with Crippen molar-refractivity contribution in [1.82, 2.24) is 0 Å². The molecule has 3 fully saturated rings. The van der Waals surface area contributed by atoms with E-state index < -0.39 is 0 Å². The highest BCUT2D eigenvalue weighted by Gasteiger charge is 2.50. The van der Waals surface area contributed by atoms with Gasteiger partial charge in [-0.2, -0.15) is 0 Å². The van der Waals surface area contributed by atoms with Gasteiger partial charge in [0.1, 0.15) is 6.10 Å². The van der Waals surface area contributed by atoms with Gasteiger partial charge in [0.25, 0.3) is 0 Å². The topological polar surface area (TPSA) is 27.7 Å². The van der Waals surface area contributed by atoms with Gasteiger partial charge in [0.15, 0.2) is 12.1 Å². The SMILES string of the molecule is C1CCC2(CC1)OC1CCOC1O2. The second kappa shape index (κ2) is 2.94. The van der Waals surface area contributed by atoms with E-state index in [0.717, 1.165) is 25.9 Å². The highest BCUT2D eigenvalue weighted by molar-refractivity contribution is 4.86. The van der Waals surface area contributed by atoms with Crippen LogP contribution in [0.25, 0.3) is 0 Å². The molecule has 1 aliphatic carbocycles. The van der Waals surface area contributed by atoms with Gasteiger partial charge in [-0.3, -0.25) is 0 Å². The fourth-order valence-corrected chi connectivity index (χ4v) is 2.61. The third kappa shape index (κ3) is 1.30. The summed E-state index contributed by atoms with van der Waals surface area (Å²) in [5, 5.41) is 0. The summed E-state index contributed by atoms with van der Waals surface area (Å²) in [7, 11) is 0. The lowest BCUT2D eigenvalue weighted by Crippen LogP contribution is -2.34. The number of ether oxygens (including phenoxy) is 3. The lowest BCUT2D eigenvalue weighted by atomic mass is 9.94. The van der Waals surface area contributed by atoms with E-state index in [-0.39, 0.29) is 18.2 Å². The molecule has 0 N–H and O–H groups in total. The predicted molar refractivity (Wildman–Crippen MR) is 46.1 cm³/mol. The molecule has 3 rings (SSSR count). The summed E-state index contributed by atoms with van der Waals surface area (Å²) in [6.07, 6.45) is 7.08. The molecular formula is C10H16O3. The maximum absolute atomic E-state index is 5.97. The minimum Gasteiger partial charge on any atom is -0.350 e. The minimum atomic E-state index is -0.256. The molecule has 2 heterocycles. The Hall–Kier alpha value is -0.120. The Kier molecular flexibility index (Phi) is 1.86. The van der Waals surface area contributed by atoms with Crippen LogP contribution >= 0.6 is 0 Å². The Bertz CT molecular complexity index is 184. The van der Waals surface area contributed by atoms with Crippen molar-refractivity contribution in [2.24, 2.45) is 0 Å². The van der Waals surface area contributed by atoms with Crippen LogP contribution in [0.15, 0.2) is 0 Å². The van der Waals surface area contributed by atoms with E-state index in [1.54, 1.807) is 0 Å². The highest BCUT2D eigenvalue weighted by atomic mass is 16.8. The first-order valence-electron chi connectivity index (χ1n) is 5.35. The molecule has 0 aromatic rings. The van der Waals surface area contributed by atoms with Crippen LogP contribution in [0, 0.1) is 0 Å². The Balaban J connectivity index is 1.73. The van der Waals surface area contributed by atoms with Crippen molar-refractivity contribution in [1.29, 1.82) is 0 Å². The Morgan fingerprint density at radius 3 is 2.62 bits per heavy atom. The zero-order valence-electron chi connectivity index (χ0n) is 7.83. The van der Waals surface area contributed by atoms with Crippen LogP contribution in [0.3, 0.4) is 0 Å². The largest absolute Gasteiger partial charge is 0.350 e. The minimum absolute atomic E-state index is 0.0573. The lowest BCUT2D eigenvalue weighted by Gasteiger charge is -2.32. The van der Waals surface area contributed by atoms with Gasteiger partial charge in [-0.25, -0.2) is 0 Å². The molecule has 3 aliphatic rings. The second-order valence-corrected chi connectivity index (χ2v) is 4.27. The van der Waals surface area contributed by atoms with Crippen molar-refractivity contribution >= 4 is 0 Å². The molecule has 2 saturated heterocycles. The number of hydrogen-bond donors (Lipinski definition) is 0. The maximum Gasteiger partial charge on any atom is 0.187 e. The first-order chi connectivity index (χ1) is 6.38. The zero-order chi connectivity index (χ0) is 8.73. The predicted octanol–water partition coefficient (Wildman–Crippen LogP) is 1.81. The molecule has 0 aromatic carbocycles. The molecule has 3 nitrogen and oxygen atoms in total. The Labute approximate surface area is 78.3 Å². The van der Waals surface area contributed by atoms with Crippen LogP contribution in [0.1, 0.15) is 38.5 Å². The summed E-state index contributed by atoms with van der Waals surface area (Å²) in [6.45, 7) is 0.797. The van der Waals surface area contributed by atoms with Crippen molar-refractivity contribution in [3.05, 3.63) is 0 Å². The quantitative estimate of drug-likeness (QED) is 0.574. The first kappa shape index (κ1) is 8.21. The van der Waals surface area contributed by atoms with Crippen molar-refractivity contribution < 1.29 is 14.2 Å². The zero-order valence-corrected chi connectivity index (χ0v) is 7.83. The molecule has 0 aromatic heterocycles. The first-order valence-corrected chi connectivity index (χ1v) is 5.35. The molecular weight excluding hydrogens is 168 g/mol. The fraction of sp³-hybridized carbons (Fsp3) is 1.00. The molecule has 0 radical (unpaired) electrons. The van der Waals surface area contributed by atoms with Crippen LogP contribution in [-0.2, 0) is 14.2 Å². The summed E-state index contributed by atoms with van der Waals surface area (Å²) in [5.41, 5.74) is 0.